The maximum absolute atomic E-state index is 12.7. The molecule has 2 aliphatic heterocycles. The number of nitrogens with zero attached hydrogens (tertiary/aromatic N) is 2. The second-order valence-corrected chi connectivity index (χ2v) is 6.86. The van der Waals surface area contributed by atoms with Crippen molar-refractivity contribution in [2.45, 2.75) is 32.2 Å². The van der Waals surface area contributed by atoms with Crippen LogP contribution in [0.4, 0.5) is 5.69 Å². The number of hydrogen-bond acceptors (Lipinski definition) is 3. The van der Waals surface area contributed by atoms with E-state index in [2.05, 4.69) is 6.07 Å². The Morgan fingerprint density at radius 2 is 1.62 bits per heavy atom. The van der Waals surface area contributed by atoms with E-state index in [9.17, 15) is 14.4 Å². The summed E-state index contributed by atoms with van der Waals surface area (Å²) >= 11 is 0. The van der Waals surface area contributed by atoms with E-state index in [1.165, 1.54) is 10.5 Å². The molecule has 5 heteroatoms. The molecule has 0 N–H and O–H groups in total. The lowest BCUT2D eigenvalue weighted by molar-refractivity contribution is -0.119. The van der Waals surface area contributed by atoms with Crippen LogP contribution in [0.25, 0.3) is 0 Å². The predicted octanol–water partition coefficient (Wildman–Crippen LogP) is 3.04. The van der Waals surface area contributed by atoms with Crippen molar-refractivity contribution in [3.8, 4) is 0 Å². The predicted molar refractivity (Wildman–Crippen MR) is 98.1 cm³/mol. The quantitative estimate of drug-likeness (QED) is 0.798. The Labute approximate surface area is 152 Å². The van der Waals surface area contributed by atoms with E-state index >= 15 is 0 Å². The highest BCUT2D eigenvalue weighted by atomic mass is 16.2. The highest BCUT2D eigenvalue weighted by Crippen LogP contribution is 2.32. The molecule has 0 saturated carbocycles. The Balaban J connectivity index is 1.39. The third-order valence-corrected chi connectivity index (χ3v) is 5.13. The molecule has 0 fully saturated rings. The second kappa shape index (κ2) is 6.41. The number of hydrogen-bond donors (Lipinski definition) is 0. The van der Waals surface area contributed by atoms with Crippen LogP contribution in [0.5, 0.6) is 0 Å². The van der Waals surface area contributed by atoms with Crippen LogP contribution < -0.4 is 4.90 Å². The number of benzene rings is 2. The first-order chi connectivity index (χ1) is 12.6. The van der Waals surface area contributed by atoms with Crippen LogP contribution >= 0.6 is 0 Å². The molecule has 0 saturated heterocycles. The van der Waals surface area contributed by atoms with Gasteiger partial charge in [0.05, 0.1) is 11.1 Å². The van der Waals surface area contributed by atoms with Crippen molar-refractivity contribution in [2.24, 2.45) is 0 Å². The minimum Gasteiger partial charge on any atom is -0.309 e. The lowest BCUT2D eigenvalue weighted by Crippen LogP contribution is -2.36. The van der Waals surface area contributed by atoms with Crippen molar-refractivity contribution < 1.29 is 14.4 Å². The minimum atomic E-state index is -0.266. The van der Waals surface area contributed by atoms with Gasteiger partial charge in [-0.2, -0.15) is 0 Å². The van der Waals surface area contributed by atoms with E-state index < -0.39 is 0 Å². The van der Waals surface area contributed by atoms with Gasteiger partial charge in [-0.1, -0.05) is 30.3 Å². The number of amides is 3. The van der Waals surface area contributed by atoms with E-state index in [1.54, 1.807) is 24.3 Å². The Morgan fingerprint density at radius 1 is 1.00 bits per heavy atom. The SMILES string of the molecule is C[C@H]1Cc2ccccc2N1C(=O)CCCN1C(=O)c2ccccc2C1=O. The van der Waals surface area contributed by atoms with Crippen molar-refractivity contribution in [3.05, 3.63) is 65.2 Å². The van der Waals surface area contributed by atoms with Gasteiger partial charge >= 0.3 is 0 Å². The van der Waals surface area contributed by atoms with E-state index in [0.717, 1.165) is 12.1 Å². The maximum atomic E-state index is 12.7. The number of fused-ring (bicyclic) bond motifs is 2. The largest absolute Gasteiger partial charge is 0.309 e. The van der Waals surface area contributed by atoms with Gasteiger partial charge < -0.3 is 4.90 Å². The lowest BCUT2D eigenvalue weighted by Gasteiger charge is -2.23. The molecule has 2 heterocycles. The average molecular weight is 348 g/mol. The summed E-state index contributed by atoms with van der Waals surface area (Å²) in [7, 11) is 0. The van der Waals surface area contributed by atoms with E-state index in [1.807, 2.05) is 30.0 Å². The van der Waals surface area contributed by atoms with Crippen molar-refractivity contribution >= 4 is 23.4 Å². The van der Waals surface area contributed by atoms with Gasteiger partial charge in [0.1, 0.15) is 0 Å². The van der Waals surface area contributed by atoms with Crippen LogP contribution in [-0.4, -0.2) is 35.2 Å². The minimum absolute atomic E-state index is 0.0408. The summed E-state index contributed by atoms with van der Waals surface area (Å²) in [6.45, 7) is 2.31. The van der Waals surface area contributed by atoms with Gasteiger partial charge in [0.2, 0.25) is 5.91 Å². The Bertz CT molecular complexity index is 871. The average Bonchev–Trinajstić information content (AvgIpc) is 3.10. The molecule has 4 rings (SSSR count). The zero-order chi connectivity index (χ0) is 18.3. The summed E-state index contributed by atoms with van der Waals surface area (Å²) in [6.07, 6.45) is 1.64. The summed E-state index contributed by atoms with van der Waals surface area (Å²) in [5.41, 5.74) is 3.07. The van der Waals surface area contributed by atoms with Crippen LogP contribution in [0.1, 0.15) is 46.0 Å². The molecule has 132 valence electrons. The summed E-state index contributed by atoms with van der Waals surface area (Å²) in [5.74, 6) is -0.491. The first kappa shape index (κ1) is 16.5. The maximum Gasteiger partial charge on any atom is 0.261 e. The number of imide groups is 1. The molecule has 0 aromatic heterocycles. The molecule has 0 radical (unpaired) electrons. The van der Waals surface area contributed by atoms with E-state index in [0.29, 0.717) is 24.0 Å². The molecular weight excluding hydrogens is 328 g/mol. The molecule has 5 nitrogen and oxygen atoms in total. The molecule has 2 aromatic carbocycles. The van der Waals surface area contributed by atoms with Crippen LogP contribution in [0.2, 0.25) is 0 Å². The van der Waals surface area contributed by atoms with Crippen molar-refractivity contribution in [1.82, 2.24) is 4.90 Å². The van der Waals surface area contributed by atoms with Gasteiger partial charge in [0.25, 0.3) is 11.8 Å². The molecule has 0 bridgehead atoms. The van der Waals surface area contributed by atoms with Crippen molar-refractivity contribution in [1.29, 1.82) is 0 Å². The summed E-state index contributed by atoms with van der Waals surface area (Å²) in [4.78, 5) is 40.5. The van der Waals surface area contributed by atoms with Gasteiger partial charge in [-0.05, 0) is 43.5 Å². The van der Waals surface area contributed by atoms with E-state index in [-0.39, 0.29) is 30.3 Å². The molecule has 2 aliphatic rings. The monoisotopic (exact) mass is 348 g/mol. The highest BCUT2D eigenvalue weighted by molar-refractivity contribution is 6.21. The number of para-hydroxylation sites is 1. The number of carbonyl (C=O) groups excluding carboxylic acids is 3. The third kappa shape index (κ3) is 2.60. The van der Waals surface area contributed by atoms with Gasteiger partial charge in [0, 0.05) is 24.7 Å². The molecule has 3 amide bonds. The number of carbonyl (C=O) groups is 3. The molecule has 0 unspecified atom stereocenters. The fourth-order valence-corrected chi connectivity index (χ4v) is 3.90. The zero-order valence-electron chi connectivity index (χ0n) is 14.6. The number of anilines is 1. The molecular formula is C21H20N2O3. The first-order valence-electron chi connectivity index (χ1n) is 8.93. The Kier molecular flexibility index (Phi) is 4.07. The third-order valence-electron chi connectivity index (χ3n) is 5.13. The first-order valence-corrected chi connectivity index (χ1v) is 8.93. The van der Waals surface area contributed by atoms with Gasteiger partial charge in [-0.25, -0.2) is 0 Å². The van der Waals surface area contributed by atoms with Crippen molar-refractivity contribution in [3.63, 3.8) is 0 Å². The smallest absolute Gasteiger partial charge is 0.261 e. The molecule has 26 heavy (non-hydrogen) atoms. The highest BCUT2D eigenvalue weighted by Gasteiger charge is 2.35. The Hall–Kier alpha value is -2.95. The topological polar surface area (TPSA) is 57.7 Å². The fourth-order valence-electron chi connectivity index (χ4n) is 3.90. The second-order valence-electron chi connectivity index (χ2n) is 6.86. The fraction of sp³-hybridized carbons (Fsp3) is 0.286. The zero-order valence-corrected chi connectivity index (χ0v) is 14.6. The number of rotatable bonds is 4. The van der Waals surface area contributed by atoms with Gasteiger partial charge in [-0.3, -0.25) is 19.3 Å². The van der Waals surface area contributed by atoms with Crippen molar-refractivity contribution in [2.75, 3.05) is 11.4 Å². The normalized spacial score (nSPS) is 18.3. The summed E-state index contributed by atoms with van der Waals surface area (Å²) in [5, 5.41) is 0. The lowest BCUT2D eigenvalue weighted by atomic mass is 10.1. The van der Waals surface area contributed by atoms with Crippen LogP contribution in [0.3, 0.4) is 0 Å². The summed E-state index contributed by atoms with van der Waals surface area (Å²) < 4.78 is 0. The molecule has 2 aromatic rings. The molecule has 1 atom stereocenters. The van der Waals surface area contributed by atoms with Gasteiger partial charge in [0.15, 0.2) is 0 Å². The molecule has 0 aliphatic carbocycles. The van der Waals surface area contributed by atoms with Gasteiger partial charge in [-0.15, -0.1) is 0 Å². The summed E-state index contributed by atoms with van der Waals surface area (Å²) in [6, 6.07) is 14.9. The molecule has 0 spiro atoms. The standard InChI is InChI=1S/C21H20N2O3/c1-14-13-15-7-2-5-10-18(15)23(14)19(24)11-6-12-22-20(25)16-8-3-4-9-17(16)21(22)26/h2-5,7-10,14H,6,11-13H2,1H3/t14-/m0/s1. The van der Waals surface area contributed by atoms with Crippen LogP contribution in [0.15, 0.2) is 48.5 Å². The van der Waals surface area contributed by atoms with E-state index in [4.69, 9.17) is 0 Å². The van der Waals surface area contributed by atoms with Crippen LogP contribution in [-0.2, 0) is 11.2 Å². The Morgan fingerprint density at radius 3 is 2.31 bits per heavy atom. The van der Waals surface area contributed by atoms with Crippen LogP contribution in [0, 0.1) is 0 Å².